The van der Waals surface area contributed by atoms with Gasteiger partial charge in [0.05, 0.1) is 10.2 Å². The standard InChI is InChI=1S/C20H22N2OS2/c1-12(2)16-9-6-10-17-18(16)21-20(25-17)22-19(23)14-7-5-8-15(11-14)24-13(3)4/h5-13H,1-4H3,(H,21,22,23). The van der Waals surface area contributed by atoms with Crippen LogP contribution in [0.2, 0.25) is 0 Å². The summed E-state index contributed by atoms with van der Waals surface area (Å²) in [6, 6.07) is 13.9. The van der Waals surface area contributed by atoms with Crippen molar-refractivity contribution < 1.29 is 4.79 Å². The third-order valence-electron chi connectivity index (χ3n) is 3.76. The molecule has 0 saturated heterocycles. The van der Waals surface area contributed by atoms with Gasteiger partial charge in [0.1, 0.15) is 0 Å². The fourth-order valence-corrected chi connectivity index (χ4v) is 4.43. The van der Waals surface area contributed by atoms with Crippen LogP contribution in [0.3, 0.4) is 0 Å². The zero-order valence-corrected chi connectivity index (χ0v) is 16.5. The second-order valence-corrected chi connectivity index (χ2v) is 9.20. The molecule has 1 amide bonds. The van der Waals surface area contributed by atoms with E-state index in [9.17, 15) is 4.79 Å². The van der Waals surface area contributed by atoms with E-state index in [0.29, 0.717) is 21.9 Å². The number of aromatic nitrogens is 1. The van der Waals surface area contributed by atoms with Crippen LogP contribution in [-0.2, 0) is 0 Å². The summed E-state index contributed by atoms with van der Waals surface area (Å²) in [5, 5.41) is 4.09. The number of anilines is 1. The lowest BCUT2D eigenvalue weighted by molar-refractivity contribution is 0.102. The maximum Gasteiger partial charge on any atom is 0.257 e. The molecule has 0 fully saturated rings. The SMILES string of the molecule is CC(C)Sc1cccc(C(=O)Nc2nc3c(C(C)C)cccc3s2)c1. The third-order valence-corrected chi connectivity index (χ3v) is 5.69. The number of hydrogen-bond donors (Lipinski definition) is 1. The first-order chi connectivity index (χ1) is 11.9. The summed E-state index contributed by atoms with van der Waals surface area (Å²) in [6.07, 6.45) is 0. The van der Waals surface area contributed by atoms with E-state index in [1.54, 1.807) is 11.8 Å². The van der Waals surface area contributed by atoms with E-state index in [4.69, 9.17) is 0 Å². The molecular formula is C20H22N2OS2. The molecule has 0 radical (unpaired) electrons. The van der Waals surface area contributed by atoms with Gasteiger partial charge < -0.3 is 0 Å². The second kappa shape index (κ2) is 7.58. The predicted molar refractivity (Wildman–Crippen MR) is 109 cm³/mol. The van der Waals surface area contributed by atoms with Crippen LogP contribution in [0.15, 0.2) is 47.4 Å². The van der Waals surface area contributed by atoms with Crippen molar-refractivity contribution in [3.63, 3.8) is 0 Å². The largest absolute Gasteiger partial charge is 0.298 e. The zero-order valence-electron chi connectivity index (χ0n) is 14.9. The lowest BCUT2D eigenvalue weighted by atomic mass is 10.0. The van der Waals surface area contributed by atoms with Gasteiger partial charge >= 0.3 is 0 Å². The molecule has 0 unspecified atom stereocenters. The molecule has 0 aliphatic carbocycles. The Morgan fingerprint density at radius 2 is 1.88 bits per heavy atom. The summed E-state index contributed by atoms with van der Waals surface area (Å²) in [5.74, 6) is 0.287. The quantitative estimate of drug-likeness (QED) is 0.546. The molecule has 25 heavy (non-hydrogen) atoms. The first-order valence-corrected chi connectivity index (χ1v) is 10.1. The van der Waals surface area contributed by atoms with Gasteiger partial charge in [-0.1, -0.05) is 57.2 Å². The van der Waals surface area contributed by atoms with Gasteiger partial charge in [0, 0.05) is 15.7 Å². The van der Waals surface area contributed by atoms with E-state index in [-0.39, 0.29) is 5.91 Å². The van der Waals surface area contributed by atoms with E-state index >= 15 is 0 Å². The Labute approximate surface area is 156 Å². The minimum Gasteiger partial charge on any atom is -0.298 e. The van der Waals surface area contributed by atoms with Crippen LogP contribution in [0, 0.1) is 0 Å². The Morgan fingerprint density at radius 1 is 1.12 bits per heavy atom. The minimum absolute atomic E-state index is 0.114. The number of carbonyl (C=O) groups is 1. The Kier molecular flexibility index (Phi) is 5.45. The average Bonchev–Trinajstić information content (AvgIpc) is 2.96. The molecule has 0 bridgehead atoms. The number of para-hydroxylation sites is 1. The van der Waals surface area contributed by atoms with E-state index in [2.05, 4.69) is 50.1 Å². The molecule has 0 saturated carbocycles. The van der Waals surface area contributed by atoms with Crippen molar-refractivity contribution in [3.05, 3.63) is 53.6 Å². The summed E-state index contributed by atoms with van der Waals surface area (Å²) in [6.45, 7) is 8.60. The maximum atomic E-state index is 12.6. The highest BCUT2D eigenvalue weighted by Gasteiger charge is 2.13. The monoisotopic (exact) mass is 370 g/mol. The molecule has 0 spiro atoms. The van der Waals surface area contributed by atoms with Gasteiger partial charge in [-0.05, 0) is 35.7 Å². The molecule has 2 aromatic carbocycles. The Hall–Kier alpha value is -1.85. The summed E-state index contributed by atoms with van der Waals surface area (Å²) in [7, 11) is 0. The second-order valence-electron chi connectivity index (χ2n) is 6.52. The molecule has 1 aromatic heterocycles. The van der Waals surface area contributed by atoms with Gasteiger partial charge in [-0.2, -0.15) is 0 Å². The molecule has 3 nitrogen and oxygen atoms in total. The summed E-state index contributed by atoms with van der Waals surface area (Å²) in [4.78, 5) is 18.4. The van der Waals surface area contributed by atoms with Crippen molar-refractivity contribution in [2.24, 2.45) is 0 Å². The van der Waals surface area contributed by atoms with Crippen LogP contribution in [0.1, 0.15) is 49.5 Å². The molecule has 3 rings (SSSR count). The molecule has 1 heterocycles. The van der Waals surface area contributed by atoms with Crippen LogP contribution in [-0.4, -0.2) is 16.1 Å². The molecule has 130 valence electrons. The number of fused-ring (bicyclic) bond motifs is 1. The molecule has 0 aliphatic heterocycles. The van der Waals surface area contributed by atoms with Crippen LogP contribution in [0.5, 0.6) is 0 Å². The van der Waals surface area contributed by atoms with Gasteiger partial charge in [0.2, 0.25) is 0 Å². The fourth-order valence-electron chi connectivity index (χ4n) is 2.64. The molecule has 1 N–H and O–H groups in total. The number of thioether (sulfide) groups is 1. The van der Waals surface area contributed by atoms with Gasteiger partial charge in [0.25, 0.3) is 5.91 Å². The third kappa shape index (κ3) is 4.22. The molecule has 3 aromatic rings. The number of thiazole rings is 1. The number of hydrogen-bond acceptors (Lipinski definition) is 4. The van der Waals surface area contributed by atoms with Crippen molar-refractivity contribution in [2.75, 3.05) is 5.32 Å². The highest BCUT2D eigenvalue weighted by Crippen LogP contribution is 2.32. The van der Waals surface area contributed by atoms with Gasteiger partial charge in [0.15, 0.2) is 5.13 Å². The van der Waals surface area contributed by atoms with Crippen molar-refractivity contribution in [1.82, 2.24) is 4.98 Å². The minimum atomic E-state index is -0.114. The van der Waals surface area contributed by atoms with Crippen LogP contribution in [0.25, 0.3) is 10.2 Å². The van der Waals surface area contributed by atoms with Crippen LogP contribution < -0.4 is 5.32 Å². The zero-order chi connectivity index (χ0) is 18.0. The lowest BCUT2D eigenvalue weighted by Gasteiger charge is -2.07. The highest BCUT2D eigenvalue weighted by molar-refractivity contribution is 7.99. The van der Waals surface area contributed by atoms with Crippen LogP contribution in [0.4, 0.5) is 5.13 Å². The van der Waals surface area contributed by atoms with E-state index in [1.807, 2.05) is 30.3 Å². The van der Waals surface area contributed by atoms with Crippen LogP contribution >= 0.6 is 23.1 Å². The maximum absolute atomic E-state index is 12.6. The van der Waals surface area contributed by atoms with Crippen molar-refractivity contribution in [2.45, 2.75) is 43.8 Å². The highest BCUT2D eigenvalue weighted by atomic mass is 32.2. The molecule has 5 heteroatoms. The first kappa shape index (κ1) is 18.0. The number of benzene rings is 2. The Bertz CT molecular complexity index is 900. The molecule has 0 aliphatic rings. The van der Waals surface area contributed by atoms with Gasteiger partial charge in [-0.15, -0.1) is 11.8 Å². The number of nitrogens with one attached hydrogen (secondary N) is 1. The number of rotatable bonds is 5. The van der Waals surface area contributed by atoms with E-state index in [1.165, 1.54) is 16.9 Å². The number of carbonyl (C=O) groups excluding carboxylic acids is 1. The van der Waals surface area contributed by atoms with Gasteiger partial charge in [-0.3, -0.25) is 10.1 Å². The van der Waals surface area contributed by atoms with E-state index < -0.39 is 0 Å². The van der Waals surface area contributed by atoms with Gasteiger partial charge in [-0.25, -0.2) is 4.98 Å². The van der Waals surface area contributed by atoms with Crippen molar-refractivity contribution in [1.29, 1.82) is 0 Å². The van der Waals surface area contributed by atoms with E-state index in [0.717, 1.165) is 15.1 Å². The summed E-state index contributed by atoms with van der Waals surface area (Å²) < 4.78 is 1.10. The molecular weight excluding hydrogens is 348 g/mol. The topological polar surface area (TPSA) is 42.0 Å². The number of nitrogens with zero attached hydrogens (tertiary/aromatic N) is 1. The molecule has 0 atom stereocenters. The number of amides is 1. The smallest absolute Gasteiger partial charge is 0.257 e. The van der Waals surface area contributed by atoms with Crippen molar-refractivity contribution >= 4 is 44.4 Å². The Morgan fingerprint density at radius 3 is 2.60 bits per heavy atom. The normalized spacial score (nSPS) is 11.4. The first-order valence-electron chi connectivity index (χ1n) is 8.41. The lowest BCUT2D eigenvalue weighted by Crippen LogP contribution is -2.11. The summed E-state index contributed by atoms with van der Waals surface area (Å²) >= 11 is 3.27. The Balaban J connectivity index is 1.84. The fraction of sp³-hybridized carbons (Fsp3) is 0.300. The average molecular weight is 371 g/mol. The predicted octanol–water partition coefficient (Wildman–Crippen LogP) is 6.17. The van der Waals surface area contributed by atoms with Crippen molar-refractivity contribution in [3.8, 4) is 0 Å². The summed E-state index contributed by atoms with van der Waals surface area (Å²) in [5.41, 5.74) is 2.86.